The van der Waals surface area contributed by atoms with Gasteiger partial charge in [0, 0.05) is 18.6 Å². The molecule has 0 unspecified atom stereocenters. The zero-order valence-corrected chi connectivity index (χ0v) is 9.34. The molecule has 0 amide bonds. The number of carboxylic acids is 1. The van der Waals surface area contributed by atoms with Crippen LogP contribution in [0.1, 0.15) is 5.56 Å². The second-order valence-corrected chi connectivity index (χ2v) is 2.36. The quantitative estimate of drug-likeness (QED) is 0.372. The van der Waals surface area contributed by atoms with E-state index in [1.165, 1.54) is 6.20 Å². The Balaban J connectivity index is 0.00000121. The molecule has 5 heteroatoms. The number of hydrogen-bond acceptors (Lipinski definition) is 3. The molecule has 0 aromatic carbocycles. The molecular formula is C7H5ClNNaO2. The van der Waals surface area contributed by atoms with E-state index < -0.39 is 5.97 Å². The van der Waals surface area contributed by atoms with Crippen molar-refractivity contribution >= 4 is 17.6 Å². The van der Waals surface area contributed by atoms with Crippen LogP contribution in [0.3, 0.4) is 0 Å². The van der Waals surface area contributed by atoms with Crippen molar-refractivity contribution in [2.75, 3.05) is 0 Å². The van der Waals surface area contributed by atoms with Gasteiger partial charge in [0.15, 0.2) is 0 Å². The number of carbonyl (C=O) groups is 1. The molecule has 1 aromatic heterocycles. The van der Waals surface area contributed by atoms with Gasteiger partial charge in [-0.1, -0.05) is 17.7 Å². The van der Waals surface area contributed by atoms with Gasteiger partial charge in [0.2, 0.25) is 0 Å². The van der Waals surface area contributed by atoms with Crippen molar-refractivity contribution in [2.45, 2.75) is 6.42 Å². The Morgan fingerprint density at radius 2 is 2.33 bits per heavy atom. The van der Waals surface area contributed by atoms with E-state index in [0.717, 1.165) is 0 Å². The summed E-state index contributed by atoms with van der Waals surface area (Å²) in [6.07, 6.45) is 1.31. The summed E-state index contributed by atoms with van der Waals surface area (Å²) in [5.41, 5.74) is 0.481. The normalized spacial score (nSPS) is 8.75. The molecule has 0 N–H and O–H groups in total. The van der Waals surface area contributed by atoms with Gasteiger partial charge in [-0.2, -0.15) is 0 Å². The smallest absolute Gasteiger partial charge is 0.550 e. The molecule has 0 radical (unpaired) electrons. The Hall–Kier alpha value is -0.0900. The molecule has 1 rings (SSSR count). The number of halogens is 1. The molecule has 0 atom stereocenters. The van der Waals surface area contributed by atoms with Gasteiger partial charge in [-0.3, -0.25) is 0 Å². The predicted octanol–water partition coefficient (Wildman–Crippen LogP) is -2.97. The van der Waals surface area contributed by atoms with Gasteiger partial charge >= 0.3 is 29.6 Å². The fourth-order valence-electron chi connectivity index (χ4n) is 0.707. The van der Waals surface area contributed by atoms with E-state index in [0.29, 0.717) is 5.56 Å². The number of pyridine rings is 1. The van der Waals surface area contributed by atoms with Gasteiger partial charge in [-0.05, 0) is 11.6 Å². The van der Waals surface area contributed by atoms with Crippen LogP contribution in [0.5, 0.6) is 0 Å². The third kappa shape index (κ3) is 3.54. The second-order valence-electron chi connectivity index (χ2n) is 2.00. The summed E-state index contributed by atoms with van der Waals surface area (Å²) in [5, 5.41) is 10.3. The summed E-state index contributed by atoms with van der Waals surface area (Å²) in [6, 6.07) is 3.23. The molecule has 0 bridgehead atoms. The number of rotatable bonds is 2. The molecule has 0 spiro atoms. The largest absolute Gasteiger partial charge is 1.00 e. The zero-order chi connectivity index (χ0) is 8.27. The van der Waals surface area contributed by atoms with Crippen LogP contribution in [0, 0.1) is 0 Å². The first kappa shape index (κ1) is 11.9. The van der Waals surface area contributed by atoms with Crippen LogP contribution >= 0.6 is 11.6 Å². The first-order valence-electron chi connectivity index (χ1n) is 2.99. The molecule has 58 valence electrons. The number of carbonyl (C=O) groups excluding carboxylic acids is 1. The minimum absolute atomic E-state index is 0. The minimum atomic E-state index is -1.15. The molecule has 0 aliphatic carbocycles. The maximum Gasteiger partial charge on any atom is 1.00 e. The van der Waals surface area contributed by atoms with Crippen LogP contribution in [-0.2, 0) is 11.2 Å². The predicted molar refractivity (Wildman–Crippen MR) is 38.0 cm³/mol. The van der Waals surface area contributed by atoms with Crippen LogP contribution < -0.4 is 34.7 Å². The molecule has 0 aliphatic rings. The number of hydrogen-bond donors (Lipinski definition) is 0. The average molecular weight is 194 g/mol. The first-order valence-corrected chi connectivity index (χ1v) is 3.37. The van der Waals surface area contributed by atoms with Crippen LogP contribution in [-0.4, -0.2) is 11.0 Å². The van der Waals surface area contributed by atoms with Crippen LogP contribution in [0.2, 0.25) is 5.15 Å². The molecule has 3 nitrogen and oxygen atoms in total. The molecular weight excluding hydrogens is 189 g/mol. The summed E-state index contributed by atoms with van der Waals surface area (Å²) < 4.78 is 0. The SMILES string of the molecule is O=C([O-])Cc1cccnc1Cl.[Na+]. The number of aliphatic carboxylic acids is 1. The Morgan fingerprint density at radius 3 is 2.83 bits per heavy atom. The Kier molecular flexibility index (Phi) is 5.50. The molecule has 0 saturated heterocycles. The van der Waals surface area contributed by atoms with Gasteiger partial charge in [-0.25, -0.2) is 4.98 Å². The topological polar surface area (TPSA) is 53.0 Å². The van der Waals surface area contributed by atoms with Gasteiger partial charge in [-0.15, -0.1) is 0 Å². The van der Waals surface area contributed by atoms with Crippen molar-refractivity contribution in [2.24, 2.45) is 0 Å². The van der Waals surface area contributed by atoms with Crippen molar-refractivity contribution in [3.05, 3.63) is 29.0 Å². The Morgan fingerprint density at radius 1 is 1.67 bits per heavy atom. The third-order valence-electron chi connectivity index (χ3n) is 1.17. The monoisotopic (exact) mass is 193 g/mol. The van der Waals surface area contributed by atoms with Gasteiger partial charge in [0.1, 0.15) is 5.15 Å². The van der Waals surface area contributed by atoms with E-state index in [4.69, 9.17) is 11.6 Å². The van der Waals surface area contributed by atoms with E-state index in [1.54, 1.807) is 12.1 Å². The summed E-state index contributed by atoms with van der Waals surface area (Å²) in [5.74, 6) is -1.15. The molecule has 0 aliphatic heterocycles. The van der Waals surface area contributed by atoms with E-state index in [-0.39, 0.29) is 41.1 Å². The summed E-state index contributed by atoms with van der Waals surface area (Å²) >= 11 is 5.57. The third-order valence-corrected chi connectivity index (χ3v) is 1.51. The van der Waals surface area contributed by atoms with Crippen molar-refractivity contribution in [1.29, 1.82) is 0 Å². The summed E-state index contributed by atoms with van der Waals surface area (Å²) in [4.78, 5) is 13.8. The summed E-state index contributed by atoms with van der Waals surface area (Å²) in [7, 11) is 0. The Bertz CT molecular complexity index is 280. The van der Waals surface area contributed by atoms with Crippen molar-refractivity contribution in [1.82, 2.24) is 4.98 Å². The van der Waals surface area contributed by atoms with Crippen LogP contribution in [0.4, 0.5) is 0 Å². The molecule has 0 fully saturated rings. The van der Waals surface area contributed by atoms with Gasteiger partial charge in [0.05, 0.1) is 0 Å². The van der Waals surface area contributed by atoms with E-state index in [9.17, 15) is 9.90 Å². The number of nitrogens with zero attached hydrogens (tertiary/aromatic N) is 1. The maximum absolute atomic E-state index is 10.1. The molecule has 12 heavy (non-hydrogen) atoms. The van der Waals surface area contributed by atoms with Gasteiger partial charge < -0.3 is 9.90 Å². The van der Waals surface area contributed by atoms with Crippen LogP contribution in [0.25, 0.3) is 0 Å². The van der Waals surface area contributed by atoms with Crippen LogP contribution in [0.15, 0.2) is 18.3 Å². The maximum atomic E-state index is 10.1. The zero-order valence-electron chi connectivity index (χ0n) is 6.58. The van der Waals surface area contributed by atoms with E-state index >= 15 is 0 Å². The Labute approximate surface area is 97.1 Å². The summed E-state index contributed by atoms with van der Waals surface area (Å²) in [6.45, 7) is 0. The second kappa shape index (κ2) is 5.54. The van der Waals surface area contributed by atoms with Crippen molar-refractivity contribution < 1.29 is 39.5 Å². The standard InChI is InChI=1S/C7H6ClNO2.Na/c8-7-5(4-6(10)11)2-1-3-9-7;/h1-3H,4H2,(H,10,11);/q;+1/p-1. The van der Waals surface area contributed by atoms with E-state index in [2.05, 4.69) is 4.98 Å². The molecule has 0 saturated carbocycles. The fourth-order valence-corrected chi connectivity index (χ4v) is 0.893. The first-order chi connectivity index (χ1) is 5.20. The molecule has 1 heterocycles. The molecule has 1 aromatic rings. The number of aromatic nitrogens is 1. The van der Waals surface area contributed by atoms with E-state index in [1.807, 2.05) is 0 Å². The number of carboxylic acid groups (broad SMARTS) is 1. The van der Waals surface area contributed by atoms with Crippen molar-refractivity contribution in [3.63, 3.8) is 0 Å². The van der Waals surface area contributed by atoms with Crippen molar-refractivity contribution in [3.8, 4) is 0 Å². The fraction of sp³-hybridized carbons (Fsp3) is 0.143. The van der Waals surface area contributed by atoms with Gasteiger partial charge in [0.25, 0.3) is 0 Å². The minimum Gasteiger partial charge on any atom is -0.550 e. The average Bonchev–Trinajstić information content (AvgIpc) is 1.93.